The number of anilines is 1. The van der Waals surface area contributed by atoms with Crippen molar-refractivity contribution in [2.45, 2.75) is 53.6 Å². The van der Waals surface area contributed by atoms with Crippen LogP contribution in [0, 0.1) is 12.8 Å². The number of hydrogen-bond acceptors (Lipinski definition) is 4. The summed E-state index contributed by atoms with van der Waals surface area (Å²) in [6, 6.07) is 1.86. The van der Waals surface area contributed by atoms with E-state index in [1.165, 1.54) is 0 Å². The average Bonchev–Trinajstić information content (AvgIpc) is 2.41. The van der Waals surface area contributed by atoms with Crippen LogP contribution in [0.25, 0.3) is 0 Å². The van der Waals surface area contributed by atoms with E-state index < -0.39 is 5.60 Å². The van der Waals surface area contributed by atoms with Crippen LogP contribution in [-0.4, -0.2) is 29.7 Å². The van der Waals surface area contributed by atoms with E-state index in [0.29, 0.717) is 37.1 Å². The lowest BCUT2D eigenvalue weighted by Gasteiger charge is -2.29. The Balaban J connectivity index is 2.87. The second-order valence-electron chi connectivity index (χ2n) is 6.00. The van der Waals surface area contributed by atoms with Crippen molar-refractivity contribution in [2.24, 2.45) is 5.92 Å². The number of nitrogens with one attached hydrogen (secondary N) is 1. The highest BCUT2D eigenvalue weighted by Crippen LogP contribution is 2.24. The van der Waals surface area contributed by atoms with Crippen LogP contribution in [0.4, 0.5) is 5.69 Å². The van der Waals surface area contributed by atoms with Gasteiger partial charge >= 0.3 is 0 Å². The van der Waals surface area contributed by atoms with Gasteiger partial charge in [-0.2, -0.15) is 0 Å². The summed E-state index contributed by atoms with van der Waals surface area (Å²) < 4.78 is 11.1. The molecule has 1 amide bonds. The van der Waals surface area contributed by atoms with Gasteiger partial charge in [0.05, 0.1) is 18.5 Å². The average molecular weight is 308 g/mol. The van der Waals surface area contributed by atoms with Crippen molar-refractivity contribution in [3.05, 3.63) is 17.8 Å². The molecular weight excluding hydrogens is 280 g/mol. The summed E-state index contributed by atoms with van der Waals surface area (Å²) in [7, 11) is 0. The monoisotopic (exact) mass is 308 g/mol. The molecule has 0 saturated heterocycles. The zero-order valence-electron chi connectivity index (χ0n) is 14.5. The van der Waals surface area contributed by atoms with Crippen LogP contribution in [0.2, 0.25) is 0 Å². The molecule has 1 atom stereocenters. The molecule has 5 nitrogen and oxygen atoms in total. The molecule has 1 heterocycles. The van der Waals surface area contributed by atoms with Crippen LogP contribution >= 0.6 is 0 Å². The largest absolute Gasteiger partial charge is 0.478 e. The molecule has 0 aromatic carbocycles. The van der Waals surface area contributed by atoms with E-state index in [-0.39, 0.29) is 5.91 Å². The van der Waals surface area contributed by atoms with Crippen molar-refractivity contribution in [1.29, 1.82) is 0 Å². The van der Waals surface area contributed by atoms with E-state index in [2.05, 4.69) is 24.1 Å². The van der Waals surface area contributed by atoms with Crippen LogP contribution in [0.1, 0.15) is 46.6 Å². The van der Waals surface area contributed by atoms with Crippen molar-refractivity contribution in [1.82, 2.24) is 4.98 Å². The normalized spacial score (nSPS) is 13.8. The number of pyridine rings is 1. The smallest absolute Gasteiger partial charge is 0.256 e. The SMILES string of the molecule is CCOc1ncc(NC(=O)[C@@](C)(CC(C)C)OCC)cc1C. The van der Waals surface area contributed by atoms with Crippen LogP contribution in [0.3, 0.4) is 0 Å². The van der Waals surface area contributed by atoms with E-state index in [0.717, 1.165) is 5.56 Å². The Morgan fingerprint density at radius 1 is 1.36 bits per heavy atom. The number of carbonyl (C=O) groups excluding carboxylic acids is 1. The molecule has 1 rings (SSSR count). The molecule has 0 bridgehead atoms. The Bertz CT molecular complexity index is 503. The molecule has 0 saturated carbocycles. The molecule has 0 aliphatic rings. The molecule has 1 N–H and O–H groups in total. The van der Waals surface area contributed by atoms with Gasteiger partial charge in [-0.25, -0.2) is 4.98 Å². The molecular formula is C17H28N2O3. The van der Waals surface area contributed by atoms with Crippen LogP contribution < -0.4 is 10.1 Å². The Morgan fingerprint density at radius 2 is 2.05 bits per heavy atom. The van der Waals surface area contributed by atoms with Gasteiger partial charge in [0.25, 0.3) is 5.91 Å². The second kappa shape index (κ2) is 8.13. The Kier molecular flexibility index (Phi) is 6.81. The van der Waals surface area contributed by atoms with Crippen molar-refractivity contribution in [3.8, 4) is 5.88 Å². The number of nitrogens with zero attached hydrogens (tertiary/aromatic N) is 1. The van der Waals surface area contributed by atoms with Gasteiger partial charge in [-0.05, 0) is 46.1 Å². The number of aromatic nitrogens is 1. The molecule has 0 spiro atoms. The van der Waals surface area contributed by atoms with Gasteiger partial charge < -0.3 is 14.8 Å². The van der Waals surface area contributed by atoms with E-state index >= 15 is 0 Å². The Hall–Kier alpha value is -1.62. The first-order chi connectivity index (χ1) is 10.3. The first-order valence-electron chi connectivity index (χ1n) is 7.87. The molecule has 22 heavy (non-hydrogen) atoms. The quantitative estimate of drug-likeness (QED) is 0.797. The minimum atomic E-state index is -0.838. The minimum absolute atomic E-state index is 0.145. The fraction of sp³-hybridized carbons (Fsp3) is 0.647. The summed E-state index contributed by atoms with van der Waals surface area (Å²) in [4.78, 5) is 16.8. The third kappa shape index (κ3) is 4.98. The Labute approximate surface area is 133 Å². The fourth-order valence-electron chi connectivity index (χ4n) is 2.50. The summed E-state index contributed by atoms with van der Waals surface area (Å²) in [5.41, 5.74) is 0.706. The topological polar surface area (TPSA) is 60.5 Å². The summed E-state index contributed by atoms with van der Waals surface area (Å²) in [6.45, 7) is 12.8. The lowest BCUT2D eigenvalue weighted by Crippen LogP contribution is -2.44. The zero-order chi connectivity index (χ0) is 16.8. The number of hydrogen-bond donors (Lipinski definition) is 1. The van der Waals surface area contributed by atoms with Gasteiger partial charge in [0.1, 0.15) is 5.60 Å². The zero-order valence-corrected chi connectivity index (χ0v) is 14.5. The number of amides is 1. The molecule has 1 aromatic heterocycles. The third-order valence-electron chi connectivity index (χ3n) is 3.31. The third-order valence-corrected chi connectivity index (χ3v) is 3.31. The van der Waals surface area contributed by atoms with Crippen LogP contribution in [0.15, 0.2) is 12.3 Å². The first kappa shape index (κ1) is 18.4. The molecule has 1 aromatic rings. The van der Waals surface area contributed by atoms with Gasteiger partial charge in [0.15, 0.2) is 0 Å². The van der Waals surface area contributed by atoms with Gasteiger partial charge in [0.2, 0.25) is 5.88 Å². The number of carbonyl (C=O) groups is 1. The van der Waals surface area contributed by atoms with Crippen molar-refractivity contribution < 1.29 is 14.3 Å². The van der Waals surface area contributed by atoms with Gasteiger partial charge in [-0.1, -0.05) is 13.8 Å². The van der Waals surface area contributed by atoms with Gasteiger partial charge in [-0.15, -0.1) is 0 Å². The fourth-order valence-corrected chi connectivity index (χ4v) is 2.50. The van der Waals surface area contributed by atoms with Crippen molar-refractivity contribution in [2.75, 3.05) is 18.5 Å². The van der Waals surface area contributed by atoms with Crippen LogP contribution in [0.5, 0.6) is 5.88 Å². The summed E-state index contributed by atoms with van der Waals surface area (Å²) in [6.07, 6.45) is 2.27. The maximum Gasteiger partial charge on any atom is 0.256 e. The minimum Gasteiger partial charge on any atom is -0.478 e. The Morgan fingerprint density at radius 3 is 2.55 bits per heavy atom. The van der Waals surface area contributed by atoms with E-state index in [1.54, 1.807) is 6.20 Å². The summed E-state index contributed by atoms with van der Waals surface area (Å²) >= 11 is 0. The molecule has 0 radical (unpaired) electrons. The second-order valence-corrected chi connectivity index (χ2v) is 6.00. The lowest BCUT2D eigenvalue weighted by molar-refractivity contribution is -0.140. The van der Waals surface area contributed by atoms with Crippen LogP contribution in [-0.2, 0) is 9.53 Å². The predicted molar refractivity (Wildman–Crippen MR) is 88.3 cm³/mol. The molecule has 5 heteroatoms. The molecule has 0 unspecified atom stereocenters. The summed E-state index contributed by atoms with van der Waals surface area (Å²) in [5, 5.41) is 2.90. The lowest BCUT2D eigenvalue weighted by atomic mass is 9.93. The van der Waals surface area contributed by atoms with E-state index in [1.807, 2.05) is 33.8 Å². The van der Waals surface area contributed by atoms with Crippen molar-refractivity contribution >= 4 is 11.6 Å². The first-order valence-corrected chi connectivity index (χ1v) is 7.87. The van der Waals surface area contributed by atoms with Crippen molar-refractivity contribution in [3.63, 3.8) is 0 Å². The highest BCUT2D eigenvalue weighted by atomic mass is 16.5. The molecule has 124 valence electrons. The maximum absolute atomic E-state index is 12.6. The van der Waals surface area contributed by atoms with Gasteiger partial charge in [0, 0.05) is 12.2 Å². The predicted octanol–water partition coefficient (Wildman–Crippen LogP) is 3.57. The number of ether oxygens (including phenoxy) is 2. The maximum atomic E-state index is 12.6. The van der Waals surface area contributed by atoms with E-state index in [9.17, 15) is 4.79 Å². The molecule has 0 aliphatic heterocycles. The number of aryl methyl sites for hydroxylation is 1. The molecule has 0 aliphatic carbocycles. The van der Waals surface area contributed by atoms with Gasteiger partial charge in [-0.3, -0.25) is 4.79 Å². The number of rotatable bonds is 8. The highest BCUT2D eigenvalue weighted by molar-refractivity contribution is 5.97. The standard InChI is InChI=1S/C17H28N2O3/c1-7-21-15-13(5)9-14(11-18-15)19-16(20)17(6,22-8-2)10-12(3)4/h9,11-12H,7-8,10H2,1-6H3,(H,19,20)/t17-/m1/s1. The van der Waals surface area contributed by atoms with E-state index in [4.69, 9.17) is 9.47 Å². The summed E-state index contributed by atoms with van der Waals surface area (Å²) in [5.74, 6) is 0.811. The highest BCUT2D eigenvalue weighted by Gasteiger charge is 2.34. The molecule has 0 fully saturated rings.